The smallest absolute Gasteiger partial charge is 0.402 e. The first-order valence-electron chi connectivity index (χ1n) is 23.2. The molecule has 0 aliphatic carbocycles. The molecule has 2 N–H and O–H groups in total. The molecular weight excluding hydrogens is 855 g/mol. The quantitative estimate of drug-likeness (QED) is 0.0887. The van der Waals surface area contributed by atoms with Crippen LogP contribution in [0.15, 0.2) is 189 Å². The van der Waals surface area contributed by atoms with E-state index in [9.17, 15) is 10.2 Å². The fourth-order valence-corrected chi connectivity index (χ4v) is 9.25. The minimum atomic E-state index is -0.0280. The van der Waals surface area contributed by atoms with Gasteiger partial charge in [0.1, 0.15) is 11.5 Å². The van der Waals surface area contributed by atoms with Gasteiger partial charge in [-0.25, -0.2) is 0 Å². The van der Waals surface area contributed by atoms with E-state index in [-0.39, 0.29) is 13.2 Å². The second-order valence-corrected chi connectivity index (χ2v) is 17.4. The Balaban J connectivity index is 1.04. The molecule has 9 aromatic rings. The van der Waals surface area contributed by atoms with Gasteiger partial charge in [-0.05, 0) is 131 Å². The summed E-state index contributed by atoms with van der Waals surface area (Å²) < 4.78 is 18.1. The first-order chi connectivity index (χ1) is 33.9. The van der Waals surface area contributed by atoms with Crippen LogP contribution in [0, 0.1) is 0 Å². The highest BCUT2D eigenvalue weighted by molar-refractivity contribution is 6.11. The van der Waals surface area contributed by atoms with E-state index in [1.807, 2.05) is 54.6 Å². The van der Waals surface area contributed by atoms with Gasteiger partial charge in [0.05, 0.1) is 27.4 Å². The van der Waals surface area contributed by atoms with Crippen molar-refractivity contribution in [3.63, 3.8) is 0 Å². The third-order valence-corrected chi connectivity index (χ3v) is 13.0. The van der Waals surface area contributed by atoms with Crippen LogP contribution in [-0.4, -0.2) is 57.2 Å². The Morgan fingerprint density at radius 2 is 0.913 bits per heavy atom. The molecule has 0 bridgehead atoms. The van der Waals surface area contributed by atoms with Gasteiger partial charge in [-0.3, -0.25) is 0 Å². The number of nitrogens with zero attached hydrogens (tertiary/aromatic N) is 5. The largest absolute Gasteiger partial charge is 0.497 e. The Hall–Kier alpha value is -8.24. The summed E-state index contributed by atoms with van der Waals surface area (Å²) in [6.07, 6.45) is 6.35. The second-order valence-electron chi connectivity index (χ2n) is 17.4. The van der Waals surface area contributed by atoms with Gasteiger partial charge in [-0.1, -0.05) is 85.5 Å². The van der Waals surface area contributed by atoms with Crippen molar-refractivity contribution in [2.45, 2.75) is 32.8 Å². The molecule has 342 valence electrons. The summed E-state index contributed by atoms with van der Waals surface area (Å²) in [7, 11) is 3.36. The summed E-state index contributed by atoms with van der Waals surface area (Å²) >= 11 is 0. The number of rotatable bonds is 17. The number of hydrogen-bond donors (Lipinski definition) is 2. The third kappa shape index (κ3) is 9.51. The molecule has 9 nitrogen and oxygen atoms in total. The number of aromatic nitrogens is 1. The lowest BCUT2D eigenvalue weighted by Crippen LogP contribution is -2.12. The molecule has 1 aliphatic rings. The molecule has 0 saturated carbocycles. The van der Waals surface area contributed by atoms with Gasteiger partial charge in [0.25, 0.3) is 0 Å². The van der Waals surface area contributed by atoms with E-state index in [0.717, 1.165) is 104 Å². The minimum absolute atomic E-state index is 0.0280. The highest BCUT2D eigenvalue weighted by Crippen LogP contribution is 2.43. The lowest BCUT2D eigenvalue weighted by atomic mass is 10.1. The number of hydrogen-bond acceptors (Lipinski definition) is 6. The van der Waals surface area contributed by atoms with Crippen LogP contribution >= 0.6 is 0 Å². The third-order valence-electron chi connectivity index (χ3n) is 13.0. The molecule has 2 heterocycles. The maximum absolute atomic E-state index is 9.92. The van der Waals surface area contributed by atoms with E-state index in [0.29, 0.717) is 6.54 Å². The molecule has 10 rings (SSSR count). The van der Waals surface area contributed by atoms with Gasteiger partial charge in [0.2, 0.25) is 12.8 Å². The maximum Gasteiger partial charge on any atom is 0.402 e. The van der Waals surface area contributed by atoms with Gasteiger partial charge >= 0.3 is 6.34 Å². The van der Waals surface area contributed by atoms with Crippen LogP contribution in [0.5, 0.6) is 11.5 Å². The molecule has 0 saturated heterocycles. The lowest BCUT2D eigenvalue weighted by Gasteiger charge is -2.26. The van der Waals surface area contributed by atoms with E-state index in [1.165, 1.54) is 16.7 Å². The highest BCUT2D eigenvalue weighted by Gasteiger charge is 2.22. The Bertz CT molecular complexity index is 3050. The van der Waals surface area contributed by atoms with Gasteiger partial charge in [0.15, 0.2) is 13.1 Å². The number of benzene rings is 8. The molecule has 0 amide bonds. The number of methoxy groups -OCH3 is 2. The number of aliphatic hydroxyl groups is 2. The van der Waals surface area contributed by atoms with Crippen molar-refractivity contribution in [2.24, 2.45) is 0 Å². The monoisotopic (exact) mass is 909 g/mol. The Kier molecular flexibility index (Phi) is 12.9. The molecule has 0 unspecified atom stereocenters. The van der Waals surface area contributed by atoms with E-state index in [4.69, 9.17) is 9.47 Å². The molecule has 1 aromatic heterocycles. The van der Waals surface area contributed by atoms with Crippen molar-refractivity contribution in [2.75, 3.05) is 30.6 Å². The van der Waals surface area contributed by atoms with Gasteiger partial charge in [-0.2, -0.15) is 4.58 Å². The molecule has 9 heteroatoms. The predicted octanol–water partition coefficient (Wildman–Crippen LogP) is 12.3. The number of anilines is 6. The van der Waals surface area contributed by atoms with Crippen LogP contribution in [0.3, 0.4) is 0 Å². The SMILES string of the molecule is C=Cc1ccc(C[N+]2=C[N+](Cc3ccc(Cn4c5ccc(N(c6ccc(CO)cc6)c6ccc(OC)cc6)cc5c5cc(N(c6ccc(CO)cc6)c6ccc(OC)cc6)ccc54)cc3)=CC2)cc1. The zero-order valence-electron chi connectivity index (χ0n) is 38.9. The van der Waals surface area contributed by atoms with Crippen molar-refractivity contribution in [1.29, 1.82) is 0 Å². The summed E-state index contributed by atoms with van der Waals surface area (Å²) in [5, 5.41) is 22.1. The molecule has 8 aromatic carbocycles. The summed E-state index contributed by atoms with van der Waals surface area (Å²) in [6.45, 7) is 7.03. The van der Waals surface area contributed by atoms with Gasteiger partial charge in [0, 0.05) is 73.6 Å². The molecule has 0 fully saturated rings. The standard InChI is InChI=1S/C60H55N5O4/c1-4-43-5-7-44(8-6-43)37-61-33-34-62(42-61)38-45-9-11-46(12-10-45)39-63-59-31-25-53(64(49-17-13-47(40-66)14-18-49)51-21-27-55(68-2)28-22-51)35-57(59)58-36-54(26-32-60(58)63)65(50-19-15-48(41-67)16-20-50)52-23-29-56(69-3)30-24-52/h4-32,34-36,42,66-67H,1,33,37-41H2,2-3H3/q+2. The summed E-state index contributed by atoms with van der Waals surface area (Å²) in [6, 6.07) is 63.4. The Morgan fingerprint density at radius 1 is 0.507 bits per heavy atom. The van der Waals surface area contributed by atoms with Crippen molar-refractivity contribution >= 4 is 74.6 Å². The van der Waals surface area contributed by atoms with Crippen LogP contribution in [-0.2, 0) is 32.8 Å². The average Bonchev–Trinajstić information content (AvgIpc) is 3.98. The molecule has 0 spiro atoms. The number of aliphatic hydroxyl groups excluding tert-OH is 2. The summed E-state index contributed by atoms with van der Waals surface area (Å²) in [4.78, 5) is 4.49. The van der Waals surface area contributed by atoms with Crippen molar-refractivity contribution in [3.8, 4) is 11.5 Å². The van der Waals surface area contributed by atoms with Crippen LogP contribution in [0.25, 0.3) is 27.9 Å². The second kappa shape index (κ2) is 19.9. The zero-order valence-corrected chi connectivity index (χ0v) is 38.9. The van der Waals surface area contributed by atoms with Gasteiger partial charge in [-0.15, -0.1) is 4.58 Å². The molecule has 0 radical (unpaired) electrons. The van der Waals surface area contributed by atoms with Crippen molar-refractivity contribution < 1.29 is 28.8 Å². The molecule has 69 heavy (non-hydrogen) atoms. The predicted molar refractivity (Wildman–Crippen MR) is 281 cm³/mol. The topological polar surface area (TPSA) is 76.4 Å². The van der Waals surface area contributed by atoms with Crippen LogP contribution < -0.4 is 19.3 Å². The Labute approximate surface area is 403 Å². The first-order valence-corrected chi connectivity index (χ1v) is 23.2. The first kappa shape index (κ1) is 44.6. The summed E-state index contributed by atoms with van der Waals surface area (Å²) in [5.74, 6) is 1.56. The van der Waals surface area contributed by atoms with E-state index >= 15 is 0 Å². The van der Waals surface area contributed by atoms with E-state index < -0.39 is 0 Å². The van der Waals surface area contributed by atoms with Crippen LogP contribution in [0.4, 0.5) is 34.1 Å². The molecule has 1 aliphatic heterocycles. The minimum Gasteiger partial charge on any atom is -0.497 e. The fraction of sp³-hybridized carbons (Fsp3) is 0.133. The van der Waals surface area contributed by atoms with E-state index in [2.05, 4.69) is 176 Å². The average molecular weight is 910 g/mol. The fourth-order valence-electron chi connectivity index (χ4n) is 9.25. The van der Waals surface area contributed by atoms with Crippen molar-refractivity contribution in [3.05, 3.63) is 222 Å². The molecular formula is C60H55N5O4+2. The van der Waals surface area contributed by atoms with Crippen LogP contribution in [0.2, 0.25) is 0 Å². The normalized spacial score (nSPS) is 12.2. The maximum atomic E-state index is 9.92. The lowest BCUT2D eigenvalue weighted by molar-refractivity contribution is -0.552. The van der Waals surface area contributed by atoms with Gasteiger partial charge < -0.3 is 34.1 Å². The number of ether oxygens (including phenoxy) is 2. The molecule has 0 atom stereocenters. The summed E-state index contributed by atoms with van der Waals surface area (Å²) in [5.41, 5.74) is 14.7. The van der Waals surface area contributed by atoms with E-state index in [1.54, 1.807) is 14.2 Å². The Morgan fingerprint density at radius 3 is 1.36 bits per heavy atom. The van der Waals surface area contributed by atoms with Crippen molar-refractivity contribution in [1.82, 2.24) is 4.57 Å². The number of fused-ring (bicyclic) bond motifs is 3. The highest BCUT2D eigenvalue weighted by atomic mass is 16.5. The van der Waals surface area contributed by atoms with Crippen LogP contribution in [0.1, 0.15) is 33.4 Å². The zero-order chi connectivity index (χ0) is 47.3.